The third-order valence-electron chi connectivity index (χ3n) is 7.92. The maximum absolute atomic E-state index is 6.68. The van der Waals surface area contributed by atoms with Crippen LogP contribution < -0.4 is 11.5 Å². The monoisotopic (exact) mass is 570 g/mol. The molecule has 0 atom stereocenters. The lowest BCUT2D eigenvalue weighted by atomic mass is 9.93. The Hall–Kier alpha value is -5.74. The number of rotatable bonds is 5. The number of hydrogen-bond acceptors (Lipinski definition) is 4. The van der Waals surface area contributed by atoms with Crippen LogP contribution in [0, 0.1) is 12.3 Å². The van der Waals surface area contributed by atoms with Gasteiger partial charge in [-0.1, -0.05) is 121 Å². The molecular weight excluding hydrogens is 536 g/mol. The topological polar surface area (TPSA) is 88.8 Å². The Labute approximate surface area is 257 Å². The van der Waals surface area contributed by atoms with Gasteiger partial charge in [0.15, 0.2) is 0 Å². The molecule has 4 heteroatoms. The maximum Gasteiger partial charge on any atom is 0.0944 e. The first kappa shape index (κ1) is 28.4. The highest BCUT2D eigenvalue weighted by atomic mass is 14.7. The largest absolute Gasteiger partial charge is 0.405 e. The molecule has 0 aliphatic heterocycles. The van der Waals surface area contributed by atoms with Gasteiger partial charge in [0.25, 0.3) is 0 Å². The molecule has 214 valence electrons. The number of aromatic nitrogens is 1. The van der Waals surface area contributed by atoms with Crippen molar-refractivity contribution in [3.8, 4) is 11.3 Å². The summed E-state index contributed by atoms with van der Waals surface area (Å²) in [6.07, 6.45) is 9.03. The fraction of sp³-hybridized carbons (Fsp3) is 0.0500. The molecule has 0 aliphatic carbocycles. The summed E-state index contributed by atoms with van der Waals surface area (Å²) in [6.45, 7) is 2.12. The Bertz CT molecular complexity index is 2170. The number of pyridine rings is 1. The number of aryl methyl sites for hydroxylation is 1. The number of hydrogen-bond donors (Lipinski definition) is 3. The van der Waals surface area contributed by atoms with Crippen LogP contribution in [0.2, 0.25) is 0 Å². The molecule has 7 aromatic rings. The summed E-state index contributed by atoms with van der Waals surface area (Å²) < 4.78 is 0. The summed E-state index contributed by atoms with van der Waals surface area (Å²) in [5, 5.41) is 14.9. The van der Waals surface area contributed by atoms with E-state index < -0.39 is 0 Å². The van der Waals surface area contributed by atoms with E-state index in [1.54, 1.807) is 0 Å². The zero-order chi connectivity index (χ0) is 30.5. The second kappa shape index (κ2) is 12.6. The second-order valence-corrected chi connectivity index (χ2v) is 10.8. The van der Waals surface area contributed by atoms with Crippen molar-refractivity contribution in [3.63, 3.8) is 0 Å². The Balaban J connectivity index is 0.000000637. The number of fused-ring (bicyclic) bond motifs is 7. The van der Waals surface area contributed by atoms with Crippen LogP contribution in [0.25, 0.3) is 60.6 Å². The highest BCUT2D eigenvalue weighted by Gasteiger charge is 2.11. The minimum Gasteiger partial charge on any atom is -0.405 e. The van der Waals surface area contributed by atoms with Crippen LogP contribution in [0.3, 0.4) is 0 Å². The summed E-state index contributed by atoms with van der Waals surface area (Å²) in [7, 11) is 0. The predicted molar refractivity (Wildman–Crippen MR) is 190 cm³/mol. The van der Waals surface area contributed by atoms with Crippen LogP contribution in [-0.2, 0) is 6.42 Å². The molecule has 0 amide bonds. The predicted octanol–water partition coefficient (Wildman–Crippen LogP) is 9.62. The van der Waals surface area contributed by atoms with Gasteiger partial charge in [-0.25, -0.2) is 4.98 Å². The molecular formula is C40H34N4. The fourth-order valence-electron chi connectivity index (χ4n) is 5.82. The molecule has 5 N–H and O–H groups in total. The number of nitrogen functional groups attached to an aromatic ring is 1. The standard InChI is InChI=1S/C37H28N2.C3H6N2/c1-24-8-6-9-25(22-24)10-7-11-26-16-17-27-19-21-35(39-37(27)36(26)38)28-18-20-33-31-14-3-2-12-29(31)30-13-4-5-15-32(30)34(33)23-28;4-2-1-3-5/h2-9,11-23H,10,38H2,1H3;1-4H,5H2/b11-7-;3-1-,4-2?. The third kappa shape index (κ3) is 5.66. The van der Waals surface area contributed by atoms with Crippen LogP contribution in [0.5, 0.6) is 0 Å². The van der Waals surface area contributed by atoms with Gasteiger partial charge in [-0.2, -0.15) is 0 Å². The van der Waals surface area contributed by atoms with E-state index in [0.29, 0.717) is 5.69 Å². The van der Waals surface area contributed by atoms with Crippen molar-refractivity contribution < 1.29 is 0 Å². The lowest BCUT2D eigenvalue weighted by Crippen LogP contribution is -1.95. The molecule has 0 aliphatic rings. The number of nitrogens with zero attached hydrogens (tertiary/aromatic N) is 1. The van der Waals surface area contributed by atoms with Gasteiger partial charge >= 0.3 is 0 Å². The molecule has 6 aromatic carbocycles. The molecule has 0 spiro atoms. The molecule has 4 nitrogen and oxygen atoms in total. The third-order valence-corrected chi connectivity index (χ3v) is 7.92. The van der Waals surface area contributed by atoms with E-state index in [2.05, 4.69) is 134 Å². The minimum atomic E-state index is 0.715. The van der Waals surface area contributed by atoms with Crippen molar-refractivity contribution in [1.82, 2.24) is 4.98 Å². The number of nitrogens with one attached hydrogen (secondary N) is 1. The van der Waals surface area contributed by atoms with E-state index in [4.69, 9.17) is 21.9 Å². The van der Waals surface area contributed by atoms with Gasteiger partial charge in [0.1, 0.15) is 0 Å². The second-order valence-electron chi connectivity index (χ2n) is 10.8. The Morgan fingerprint density at radius 1 is 0.705 bits per heavy atom. The average molecular weight is 571 g/mol. The summed E-state index contributed by atoms with van der Waals surface area (Å²) in [4.78, 5) is 5.07. The number of nitrogens with two attached hydrogens (primary N) is 2. The van der Waals surface area contributed by atoms with Gasteiger partial charge in [0.05, 0.1) is 16.9 Å². The van der Waals surface area contributed by atoms with E-state index in [9.17, 15) is 0 Å². The highest BCUT2D eigenvalue weighted by molar-refractivity contribution is 6.25. The first-order valence-corrected chi connectivity index (χ1v) is 14.7. The molecule has 0 bridgehead atoms. The van der Waals surface area contributed by atoms with E-state index in [-0.39, 0.29) is 0 Å². The molecule has 0 unspecified atom stereocenters. The molecule has 0 radical (unpaired) electrons. The van der Waals surface area contributed by atoms with Crippen LogP contribution in [0.4, 0.5) is 5.69 Å². The Morgan fingerprint density at radius 3 is 2.00 bits per heavy atom. The Morgan fingerprint density at radius 2 is 1.36 bits per heavy atom. The van der Waals surface area contributed by atoms with Gasteiger partial charge in [0, 0.05) is 17.2 Å². The number of allylic oxidation sites excluding steroid dienone is 2. The quantitative estimate of drug-likeness (QED) is 0.109. The van der Waals surface area contributed by atoms with Gasteiger partial charge in [0.2, 0.25) is 0 Å². The van der Waals surface area contributed by atoms with E-state index in [1.165, 1.54) is 55.7 Å². The lowest BCUT2D eigenvalue weighted by Gasteiger charge is -2.12. The number of benzene rings is 6. The van der Waals surface area contributed by atoms with Crippen LogP contribution >= 0.6 is 0 Å². The molecule has 44 heavy (non-hydrogen) atoms. The van der Waals surface area contributed by atoms with Crippen molar-refractivity contribution in [1.29, 1.82) is 5.41 Å². The summed E-state index contributed by atoms with van der Waals surface area (Å²) in [5.74, 6) is 0. The normalized spacial score (nSPS) is 11.5. The smallest absolute Gasteiger partial charge is 0.0944 e. The average Bonchev–Trinajstić information content (AvgIpc) is 3.06. The van der Waals surface area contributed by atoms with Crippen molar-refractivity contribution in [2.45, 2.75) is 13.3 Å². The maximum atomic E-state index is 6.68. The van der Waals surface area contributed by atoms with Crippen molar-refractivity contribution >= 4 is 61.2 Å². The summed E-state index contributed by atoms with van der Waals surface area (Å²) >= 11 is 0. The van der Waals surface area contributed by atoms with E-state index >= 15 is 0 Å². The zero-order valence-electron chi connectivity index (χ0n) is 24.7. The molecule has 0 saturated heterocycles. The van der Waals surface area contributed by atoms with Gasteiger partial charge in [-0.15, -0.1) is 0 Å². The van der Waals surface area contributed by atoms with Gasteiger partial charge in [-0.05, 0) is 81.2 Å². The summed E-state index contributed by atoms with van der Waals surface area (Å²) in [6, 6.07) is 41.0. The van der Waals surface area contributed by atoms with E-state index in [1.807, 2.05) is 0 Å². The molecule has 1 heterocycles. The van der Waals surface area contributed by atoms with Crippen LogP contribution in [0.1, 0.15) is 16.7 Å². The van der Waals surface area contributed by atoms with Crippen molar-refractivity contribution in [2.24, 2.45) is 5.73 Å². The minimum absolute atomic E-state index is 0.715. The molecule has 1 aromatic heterocycles. The number of anilines is 1. The molecule has 0 fully saturated rings. The summed E-state index contributed by atoms with van der Waals surface area (Å²) in [5.41, 5.74) is 18.6. The molecule has 0 saturated carbocycles. The first-order valence-electron chi connectivity index (χ1n) is 14.7. The van der Waals surface area contributed by atoms with Crippen molar-refractivity contribution in [2.75, 3.05) is 5.73 Å². The highest BCUT2D eigenvalue weighted by Crippen LogP contribution is 2.37. The van der Waals surface area contributed by atoms with Crippen LogP contribution in [0.15, 0.2) is 134 Å². The first-order chi connectivity index (χ1) is 21.6. The fourth-order valence-corrected chi connectivity index (χ4v) is 5.82. The van der Waals surface area contributed by atoms with Gasteiger partial charge < -0.3 is 16.9 Å². The SMILES string of the molecule is Cc1cccc(C/C=C\c2ccc3ccc(-c4ccc5c6ccccc6c6ccccc6c5c4)nc3c2N)c1.N=C/C=C\N. The lowest BCUT2D eigenvalue weighted by molar-refractivity contribution is 1.26. The van der Waals surface area contributed by atoms with Crippen LogP contribution in [-0.4, -0.2) is 11.2 Å². The Kier molecular flexibility index (Phi) is 8.15. The van der Waals surface area contributed by atoms with Crippen molar-refractivity contribution in [3.05, 3.63) is 150 Å². The zero-order valence-corrected chi connectivity index (χ0v) is 24.7. The van der Waals surface area contributed by atoms with E-state index in [0.717, 1.165) is 40.4 Å². The van der Waals surface area contributed by atoms with Gasteiger partial charge in [-0.3, -0.25) is 0 Å². The molecule has 7 rings (SSSR count).